The standard InChI is InChI=1S/C23H32N2O4S/c1-5-25(6-2)30(27,28)22-15-10-19(11-16-22)12-17-23(26)24(4)18-20-8-13-21(14-9-20)29-7-3/h8-11,13-16H,5-7,12,17-18H2,1-4H3. The fourth-order valence-electron chi connectivity index (χ4n) is 3.20. The Kier molecular flexibility index (Phi) is 8.87. The molecule has 2 rings (SSSR count). The van der Waals surface area contributed by atoms with E-state index in [0.717, 1.165) is 16.9 Å². The molecule has 7 heteroatoms. The van der Waals surface area contributed by atoms with E-state index in [4.69, 9.17) is 4.74 Å². The molecule has 0 spiro atoms. The highest BCUT2D eigenvalue weighted by atomic mass is 32.2. The lowest BCUT2D eigenvalue weighted by Crippen LogP contribution is -2.30. The lowest BCUT2D eigenvalue weighted by Gasteiger charge is -2.19. The van der Waals surface area contributed by atoms with Gasteiger partial charge in [0.1, 0.15) is 5.75 Å². The molecule has 2 aromatic rings. The van der Waals surface area contributed by atoms with Crippen molar-refractivity contribution in [1.29, 1.82) is 0 Å². The van der Waals surface area contributed by atoms with Crippen LogP contribution in [0.25, 0.3) is 0 Å². The summed E-state index contributed by atoms with van der Waals surface area (Å²) in [5.74, 6) is 0.866. The first kappa shape index (κ1) is 23.9. The zero-order valence-electron chi connectivity index (χ0n) is 18.3. The van der Waals surface area contributed by atoms with Gasteiger partial charge in [-0.25, -0.2) is 8.42 Å². The Labute approximate surface area is 180 Å². The SMILES string of the molecule is CCOc1ccc(CN(C)C(=O)CCc2ccc(S(=O)(=O)N(CC)CC)cc2)cc1. The molecule has 0 aliphatic heterocycles. The van der Waals surface area contributed by atoms with Crippen molar-refractivity contribution < 1.29 is 17.9 Å². The molecule has 0 N–H and O–H groups in total. The van der Waals surface area contributed by atoms with Gasteiger partial charge in [-0.1, -0.05) is 38.1 Å². The molecule has 0 radical (unpaired) electrons. The van der Waals surface area contributed by atoms with E-state index in [2.05, 4.69) is 0 Å². The third-order valence-electron chi connectivity index (χ3n) is 4.97. The molecular weight excluding hydrogens is 400 g/mol. The Bertz CT molecular complexity index is 905. The number of sulfonamides is 1. The van der Waals surface area contributed by atoms with Crippen molar-refractivity contribution in [2.24, 2.45) is 0 Å². The predicted molar refractivity (Wildman–Crippen MR) is 119 cm³/mol. The fourth-order valence-corrected chi connectivity index (χ4v) is 4.66. The minimum Gasteiger partial charge on any atom is -0.494 e. The molecule has 0 fully saturated rings. The minimum absolute atomic E-state index is 0.0451. The van der Waals surface area contributed by atoms with E-state index >= 15 is 0 Å². The molecule has 6 nitrogen and oxygen atoms in total. The highest BCUT2D eigenvalue weighted by molar-refractivity contribution is 7.89. The first-order chi connectivity index (χ1) is 14.3. The van der Waals surface area contributed by atoms with Crippen LogP contribution in [-0.4, -0.2) is 50.3 Å². The summed E-state index contributed by atoms with van der Waals surface area (Å²) < 4.78 is 32.0. The number of hydrogen-bond acceptors (Lipinski definition) is 4. The molecule has 0 saturated heterocycles. The van der Waals surface area contributed by atoms with Crippen LogP contribution in [0.4, 0.5) is 0 Å². The first-order valence-corrected chi connectivity index (χ1v) is 11.8. The molecule has 0 aromatic heterocycles. The van der Waals surface area contributed by atoms with Crippen molar-refractivity contribution in [2.45, 2.75) is 45.1 Å². The molecular formula is C23H32N2O4S. The van der Waals surface area contributed by atoms with Gasteiger partial charge in [-0.15, -0.1) is 0 Å². The molecule has 164 valence electrons. The van der Waals surface area contributed by atoms with Crippen molar-refractivity contribution in [2.75, 3.05) is 26.7 Å². The van der Waals surface area contributed by atoms with Crippen molar-refractivity contribution in [3.63, 3.8) is 0 Å². The van der Waals surface area contributed by atoms with Gasteiger partial charge in [-0.2, -0.15) is 4.31 Å². The third-order valence-corrected chi connectivity index (χ3v) is 7.04. The number of rotatable bonds is 11. The van der Waals surface area contributed by atoms with E-state index in [1.165, 1.54) is 4.31 Å². The van der Waals surface area contributed by atoms with E-state index < -0.39 is 10.0 Å². The van der Waals surface area contributed by atoms with Crippen LogP contribution in [0.15, 0.2) is 53.4 Å². The van der Waals surface area contributed by atoms with Crippen LogP contribution in [0.1, 0.15) is 38.3 Å². The fraction of sp³-hybridized carbons (Fsp3) is 0.435. The largest absolute Gasteiger partial charge is 0.494 e. The number of carbonyl (C=O) groups excluding carboxylic acids is 1. The molecule has 30 heavy (non-hydrogen) atoms. The van der Waals surface area contributed by atoms with Crippen LogP contribution in [-0.2, 0) is 27.8 Å². The molecule has 0 unspecified atom stereocenters. The maximum absolute atomic E-state index is 12.5. The molecule has 0 aliphatic rings. The number of ether oxygens (including phenoxy) is 1. The maximum atomic E-state index is 12.5. The second kappa shape index (κ2) is 11.1. The van der Waals surface area contributed by atoms with Crippen LogP contribution >= 0.6 is 0 Å². The quantitative estimate of drug-likeness (QED) is 0.543. The van der Waals surface area contributed by atoms with Gasteiger partial charge in [0.05, 0.1) is 11.5 Å². The summed E-state index contributed by atoms with van der Waals surface area (Å²) in [6.45, 7) is 7.63. The summed E-state index contributed by atoms with van der Waals surface area (Å²) in [4.78, 5) is 14.5. The van der Waals surface area contributed by atoms with E-state index in [-0.39, 0.29) is 10.8 Å². The molecule has 0 saturated carbocycles. The number of amides is 1. The average molecular weight is 433 g/mol. The lowest BCUT2D eigenvalue weighted by atomic mass is 10.1. The van der Waals surface area contributed by atoms with Gasteiger partial charge in [0.25, 0.3) is 0 Å². The Morgan fingerprint density at radius 3 is 2.00 bits per heavy atom. The second-order valence-electron chi connectivity index (χ2n) is 7.06. The van der Waals surface area contributed by atoms with Crippen molar-refractivity contribution in [3.8, 4) is 5.75 Å². The zero-order chi connectivity index (χ0) is 22.1. The minimum atomic E-state index is -3.45. The first-order valence-electron chi connectivity index (χ1n) is 10.4. The van der Waals surface area contributed by atoms with Gasteiger partial charge < -0.3 is 9.64 Å². The van der Waals surface area contributed by atoms with Crippen molar-refractivity contribution in [3.05, 3.63) is 59.7 Å². The van der Waals surface area contributed by atoms with Gasteiger partial charge >= 0.3 is 0 Å². The van der Waals surface area contributed by atoms with E-state index in [0.29, 0.717) is 39.1 Å². The topological polar surface area (TPSA) is 66.9 Å². The highest BCUT2D eigenvalue weighted by Crippen LogP contribution is 2.18. The normalized spacial score (nSPS) is 11.5. The van der Waals surface area contributed by atoms with Crippen LogP contribution < -0.4 is 4.74 Å². The van der Waals surface area contributed by atoms with E-state index in [9.17, 15) is 13.2 Å². The van der Waals surface area contributed by atoms with Crippen LogP contribution in [0.2, 0.25) is 0 Å². The Balaban J connectivity index is 1.91. The summed E-state index contributed by atoms with van der Waals surface area (Å²) in [6.07, 6.45) is 0.938. The summed E-state index contributed by atoms with van der Waals surface area (Å²) in [5.41, 5.74) is 1.98. The van der Waals surface area contributed by atoms with Gasteiger partial charge in [0.2, 0.25) is 15.9 Å². The van der Waals surface area contributed by atoms with Gasteiger partial charge in [-0.3, -0.25) is 4.79 Å². The van der Waals surface area contributed by atoms with Crippen LogP contribution in [0, 0.1) is 0 Å². The Morgan fingerprint density at radius 1 is 0.900 bits per heavy atom. The van der Waals surface area contributed by atoms with Crippen LogP contribution in [0.5, 0.6) is 5.75 Å². The predicted octanol–water partition coefficient (Wildman–Crippen LogP) is 3.71. The zero-order valence-corrected chi connectivity index (χ0v) is 19.1. The number of nitrogens with zero attached hydrogens (tertiary/aromatic N) is 2. The molecule has 2 aromatic carbocycles. The Morgan fingerprint density at radius 2 is 1.47 bits per heavy atom. The summed E-state index contributed by atoms with van der Waals surface area (Å²) in [6, 6.07) is 14.6. The number of aryl methyl sites for hydroxylation is 1. The van der Waals surface area contributed by atoms with Crippen LogP contribution in [0.3, 0.4) is 0 Å². The maximum Gasteiger partial charge on any atom is 0.243 e. The van der Waals surface area contributed by atoms with Gasteiger partial charge in [-0.05, 0) is 48.7 Å². The van der Waals surface area contributed by atoms with Crippen molar-refractivity contribution in [1.82, 2.24) is 9.21 Å². The molecule has 0 heterocycles. The highest BCUT2D eigenvalue weighted by Gasteiger charge is 2.21. The van der Waals surface area contributed by atoms with E-state index in [1.807, 2.05) is 45.0 Å². The van der Waals surface area contributed by atoms with E-state index in [1.54, 1.807) is 36.2 Å². The van der Waals surface area contributed by atoms with Gasteiger partial charge in [0, 0.05) is 33.1 Å². The molecule has 0 atom stereocenters. The summed E-state index contributed by atoms with van der Waals surface area (Å²) in [7, 11) is -1.66. The monoisotopic (exact) mass is 432 g/mol. The second-order valence-corrected chi connectivity index (χ2v) is 9.00. The Hall–Kier alpha value is -2.38. The average Bonchev–Trinajstić information content (AvgIpc) is 2.74. The van der Waals surface area contributed by atoms with Gasteiger partial charge in [0.15, 0.2) is 0 Å². The number of benzene rings is 2. The lowest BCUT2D eigenvalue weighted by molar-refractivity contribution is -0.130. The summed E-state index contributed by atoms with van der Waals surface area (Å²) in [5, 5.41) is 0. The number of hydrogen-bond donors (Lipinski definition) is 0. The molecule has 0 aliphatic carbocycles. The summed E-state index contributed by atoms with van der Waals surface area (Å²) >= 11 is 0. The smallest absolute Gasteiger partial charge is 0.243 e. The third kappa shape index (κ3) is 6.31. The molecule has 0 bridgehead atoms. The number of carbonyl (C=O) groups is 1. The molecule has 1 amide bonds. The van der Waals surface area contributed by atoms with Crippen molar-refractivity contribution >= 4 is 15.9 Å².